The lowest BCUT2D eigenvalue weighted by Gasteiger charge is -2.35. The zero-order valence-electron chi connectivity index (χ0n) is 18.8. The van der Waals surface area contributed by atoms with Crippen LogP contribution in [0.3, 0.4) is 0 Å². The molecule has 1 fully saturated rings. The zero-order chi connectivity index (χ0) is 24.2. The average Bonchev–Trinajstić information content (AvgIpc) is 3.40. The highest BCUT2D eigenvalue weighted by Crippen LogP contribution is 2.34. The molecule has 3 heterocycles. The van der Waals surface area contributed by atoms with Gasteiger partial charge < -0.3 is 19.3 Å². The minimum Gasteiger partial charge on any atom is -0.454 e. The molecule has 0 atom stereocenters. The van der Waals surface area contributed by atoms with Crippen LogP contribution in [0.2, 0.25) is 0 Å². The lowest BCUT2D eigenvalue weighted by atomic mass is 10.0. The van der Waals surface area contributed by atoms with Crippen LogP contribution in [-0.2, 0) is 4.79 Å². The SMILES string of the molecule is O=C(NO)c1cnc(N2CCN(C(=O)/C(=C/c3ccc4c(c3)OCO4)c3ccccc3)CC2)nc1. The van der Waals surface area contributed by atoms with E-state index in [9.17, 15) is 9.59 Å². The average molecular weight is 473 g/mol. The Morgan fingerprint density at radius 2 is 1.63 bits per heavy atom. The van der Waals surface area contributed by atoms with Crippen molar-refractivity contribution < 1.29 is 24.3 Å². The van der Waals surface area contributed by atoms with Crippen molar-refractivity contribution >= 4 is 29.4 Å². The van der Waals surface area contributed by atoms with Gasteiger partial charge in [-0.05, 0) is 29.3 Å². The van der Waals surface area contributed by atoms with E-state index >= 15 is 0 Å². The lowest BCUT2D eigenvalue weighted by Crippen LogP contribution is -2.49. The molecule has 10 heteroatoms. The molecule has 2 aromatic carbocycles. The number of fused-ring (bicyclic) bond motifs is 1. The van der Waals surface area contributed by atoms with Crippen molar-refractivity contribution in [2.24, 2.45) is 0 Å². The van der Waals surface area contributed by atoms with Crippen LogP contribution in [-0.4, -0.2) is 64.9 Å². The maximum atomic E-state index is 13.6. The number of hydrogen-bond donors (Lipinski definition) is 2. The van der Waals surface area contributed by atoms with Crippen LogP contribution in [0.5, 0.6) is 11.5 Å². The number of ether oxygens (including phenoxy) is 2. The van der Waals surface area contributed by atoms with E-state index in [-0.39, 0.29) is 18.3 Å². The first kappa shape index (κ1) is 22.4. The minimum atomic E-state index is -0.672. The Morgan fingerprint density at radius 3 is 2.34 bits per heavy atom. The van der Waals surface area contributed by atoms with Gasteiger partial charge in [0.15, 0.2) is 11.5 Å². The molecule has 178 valence electrons. The number of nitrogens with zero attached hydrogens (tertiary/aromatic N) is 4. The number of nitrogens with one attached hydrogen (secondary N) is 1. The molecule has 2 aliphatic rings. The van der Waals surface area contributed by atoms with Crippen LogP contribution in [0.4, 0.5) is 5.95 Å². The fourth-order valence-corrected chi connectivity index (χ4v) is 4.00. The Bertz CT molecular complexity index is 1250. The molecule has 0 bridgehead atoms. The first-order valence-corrected chi connectivity index (χ1v) is 11.1. The van der Waals surface area contributed by atoms with Crippen molar-refractivity contribution in [3.63, 3.8) is 0 Å². The molecular formula is C25H23N5O5. The minimum absolute atomic E-state index is 0.0654. The summed E-state index contributed by atoms with van der Waals surface area (Å²) in [5, 5.41) is 8.73. The number of hydroxylamine groups is 1. The number of aromatic nitrogens is 2. The summed E-state index contributed by atoms with van der Waals surface area (Å²) in [6, 6.07) is 15.2. The summed E-state index contributed by atoms with van der Waals surface area (Å²) in [4.78, 5) is 37.3. The van der Waals surface area contributed by atoms with Crippen LogP contribution >= 0.6 is 0 Å². The Morgan fingerprint density at radius 1 is 0.914 bits per heavy atom. The van der Waals surface area contributed by atoms with Crippen LogP contribution in [0.1, 0.15) is 21.5 Å². The summed E-state index contributed by atoms with van der Waals surface area (Å²) in [7, 11) is 0. The van der Waals surface area contributed by atoms with E-state index in [2.05, 4.69) is 9.97 Å². The van der Waals surface area contributed by atoms with E-state index in [4.69, 9.17) is 14.7 Å². The quantitative estimate of drug-likeness (QED) is 0.251. The molecule has 5 rings (SSSR count). The Hall–Kier alpha value is -4.44. The first-order chi connectivity index (χ1) is 17.1. The van der Waals surface area contributed by atoms with Crippen LogP contribution in [0, 0.1) is 0 Å². The van der Waals surface area contributed by atoms with Crippen LogP contribution in [0.15, 0.2) is 60.9 Å². The number of amides is 2. The molecule has 3 aromatic rings. The third-order valence-electron chi connectivity index (χ3n) is 5.87. The molecule has 2 N–H and O–H groups in total. The lowest BCUT2D eigenvalue weighted by molar-refractivity contribution is -0.125. The Labute approximate surface area is 201 Å². The fourth-order valence-electron chi connectivity index (χ4n) is 4.00. The van der Waals surface area contributed by atoms with E-state index in [0.29, 0.717) is 49.2 Å². The standard InChI is InChI=1S/C25H23N5O5/c31-23(28-33)19-14-26-25(27-15-19)30-10-8-29(9-11-30)24(32)20(18-4-2-1-3-5-18)12-17-6-7-21-22(13-17)35-16-34-21/h1-7,12-15,33H,8-11,16H2,(H,28,31)/b20-12+. The number of benzene rings is 2. The second-order valence-corrected chi connectivity index (χ2v) is 8.03. The number of carbonyl (C=O) groups is 2. The van der Waals surface area contributed by atoms with Gasteiger partial charge in [-0.2, -0.15) is 0 Å². The van der Waals surface area contributed by atoms with Crippen molar-refractivity contribution in [2.75, 3.05) is 37.9 Å². The van der Waals surface area contributed by atoms with Crippen molar-refractivity contribution in [2.45, 2.75) is 0 Å². The third kappa shape index (κ3) is 4.78. The summed E-state index contributed by atoms with van der Waals surface area (Å²) >= 11 is 0. The topological polar surface area (TPSA) is 117 Å². The monoisotopic (exact) mass is 473 g/mol. The number of anilines is 1. The number of carbonyl (C=O) groups excluding carboxylic acids is 2. The Balaban J connectivity index is 1.33. The first-order valence-electron chi connectivity index (χ1n) is 11.1. The van der Waals surface area contributed by atoms with Crippen molar-refractivity contribution in [3.8, 4) is 11.5 Å². The molecule has 1 aromatic heterocycles. The second kappa shape index (κ2) is 9.82. The van der Waals surface area contributed by atoms with Crippen molar-refractivity contribution in [1.82, 2.24) is 20.3 Å². The molecule has 1 saturated heterocycles. The maximum Gasteiger partial charge on any atom is 0.277 e. The summed E-state index contributed by atoms with van der Waals surface area (Å²) in [5.74, 6) is 1.08. The molecule has 0 aliphatic carbocycles. The predicted molar refractivity (Wildman–Crippen MR) is 127 cm³/mol. The number of piperazine rings is 1. The van der Waals surface area contributed by atoms with Gasteiger partial charge in [0, 0.05) is 44.1 Å². The largest absolute Gasteiger partial charge is 0.454 e. The van der Waals surface area contributed by atoms with Crippen LogP contribution in [0.25, 0.3) is 11.6 Å². The molecule has 2 aliphatic heterocycles. The highest BCUT2D eigenvalue weighted by molar-refractivity contribution is 6.24. The van der Waals surface area contributed by atoms with Crippen molar-refractivity contribution in [1.29, 1.82) is 0 Å². The van der Waals surface area contributed by atoms with Gasteiger partial charge in [0.05, 0.1) is 5.56 Å². The van der Waals surface area contributed by atoms with Gasteiger partial charge >= 0.3 is 0 Å². The van der Waals surface area contributed by atoms with Gasteiger partial charge in [0.2, 0.25) is 12.7 Å². The molecule has 0 spiro atoms. The normalized spacial score (nSPS) is 15.2. The van der Waals surface area contributed by atoms with Gasteiger partial charge in [0.1, 0.15) is 0 Å². The summed E-state index contributed by atoms with van der Waals surface area (Å²) < 4.78 is 10.9. The van der Waals surface area contributed by atoms with Crippen molar-refractivity contribution in [3.05, 3.63) is 77.6 Å². The fraction of sp³-hybridized carbons (Fsp3) is 0.200. The van der Waals surface area contributed by atoms with Gasteiger partial charge in [-0.15, -0.1) is 0 Å². The van der Waals surface area contributed by atoms with Gasteiger partial charge in [0.25, 0.3) is 11.8 Å². The highest BCUT2D eigenvalue weighted by Gasteiger charge is 2.26. The second-order valence-electron chi connectivity index (χ2n) is 8.03. The highest BCUT2D eigenvalue weighted by atomic mass is 16.7. The smallest absolute Gasteiger partial charge is 0.277 e. The summed E-state index contributed by atoms with van der Waals surface area (Å²) in [5.41, 5.74) is 3.99. The molecule has 35 heavy (non-hydrogen) atoms. The van der Waals surface area contributed by atoms with Gasteiger partial charge in [-0.3, -0.25) is 14.8 Å². The molecular weight excluding hydrogens is 450 g/mol. The third-order valence-corrected chi connectivity index (χ3v) is 5.87. The number of rotatable bonds is 5. The van der Waals surface area contributed by atoms with Gasteiger partial charge in [-0.1, -0.05) is 36.4 Å². The molecule has 0 unspecified atom stereocenters. The molecule has 0 radical (unpaired) electrons. The van der Waals surface area contributed by atoms with Crippen LogP contribution < -0.4 is 19.9 Å². The summed E-state index contributed by atoms with van der Waals surface area (Å²) in [6.45, 7) is 2.27. The molecule has 0 saturated carbocycles. The Kier molecular flexibility index (Phi) is 6.27. The maximum absolute atomic E-state index is 13.6. The predicted octanol–water partition coefficient (Wildman–Crippen LogP) is 2.21. The summed E-state index contributed by atoms with van der Waals surface area (Å²) in [6.07, 6.45) is 4.58. The van der Waals surface area contributed by atoms with E-state index < -0.39 is 5.91 Å². The van der Waals surface area contributed by atoms with E-state index in [1.165, 1.54) is 12.4 Å². The van der Waals surface area contributed by atoms with E-state index in [1.54, 1.807) is 5.48 Å². The van der Waals surface area contributed by atoms with E-state index in [0.717, 1.165) is 11.1 Å². The molecule has 10 nitrogen and oxygen atoms in total. The zero-order valence-corrected chi connectivity index (χ0v) is 18.8. The number of hydrogen-bond acceptors (Lipinski definition) is 8. The van der Waals surface area contributed by atoms with Gasteiger partial charge in [-0.25, -0.2) is 15.4 Å². The molecule has 2 amide bonds. The van der Waals surface area contributed by atoms with E-state index in [1.807, 2.05) is 64.4 Å².